The van der Waals surface area contributed by atoms with E-state index in [1.165, 1.54) is 31.6 Å². The molecular formula is C15H24N2. The molecule has 0 unspecified atom stereocenters. The molecule has 1 aromatic heterocycles. The Labute approximate surface area is 105 Å². The van der Waals surface area contributed by atoms with E-state index in [9.17, 15) is 0 Å². The first-order valence-electron chi connectivity index (χ1n) is 6.80. The lowest BCUT2D eigenvalue weighted by atomic mass is 9.87. The van der Waals surface area contributed by atoms with Gasteiger partial charge in [-0.3, -0.25) is 9.88 Å². The van der Waals surface area contributed by atoms with Crippen LogP contribution in [0, 0.1) is 18.8 Å². The molecule has 94 valence electrons. The number of hydrogen-bond donors (Lipinski definition) is 0. The Balaban J connectivity index is 1.86. The van der Waals surface area contributed by atoms with Gasteiger partial charge in [-0.2, -0.15) is 0 Å². The topological polar surface area (TPSA) is 16.1 Å². The maximum atomic E-state index is 4.58. The van der Waals surface area contributed by atoms with Gasteiger partial charge in [-0.15, -0.1) is 0 Å². The molecule has 0 aromatic carbocycles. The maximum Gasteiger partial charge on any atom is 0.0547 e. The van der Waals surface area contributed by atoms with Crippen molar-refractivity contribution < 1.29 is 0 Å². The fourth-order valence-electron chi connectivity index (χ4n) is 2.69. The second-order valence-electron chi connectivity index (χ2n) is 5.63. The van der Waals surface area contributed by atoms with E-state index < -0.39 is 0 Å². The predicted octanol–water partition coefficient (Wildman–Crippen LogP) is 3.26. The van der Waals surface area contributed by atoms with Crippen molar-refractivity contribution in [3.63, 3.8) is 0 Å². The van der Waals surface area contributed by atoms with Gasteiger partial charge in [-0.05, 0) is 56.8 Å². The summed E-state index contributed by atoms with van der Waals surface area (Å²) in [4.78, 5) is 7.12. The Morgan fingerprint density at radius 3 is 2.59 bits per heavy atom. The number of rotatable bonds is 3. The van der Waals surface area contributed by atoms with Crippen LogP contribution in [0.3, 0.4) is 0 Å². The highest BCUT2D eigenvalue weighted by atomic mass is 15.1. The van der Waals surface area contributed by atoms with Gasteiger partial charge in [-0.25, -0.2) is 0 Å². The number of likely N-dealkylation sites (tertiary alicyclic amines) is 1. The molecule has 0 atom stereocenters. The van der Waals surface area contributed by atoms with Crippen LogP contribution in [-0.4, -0.2) is 23.0 Å². The summed E-state index contributed by atoms with van der Waals surface area (Å²) >= 11 is 0. The summed E-state index contributed by atoms with van der Waals surface area (Å²) in [5.74, 6) is 1.77. The van der Waals surface area contributed by atoms with Gasteiger partial charge in [0.1, 0.15) is 0 Å². The molecule has 0 N–H and O–H groups in total. The predicted molar refractivity (Wildman–Crippen MR) is 71.8 cm³/mol. The molecule has 1 fully saturated rings. The zero-order valence-electron chi connectivity index (χ0n) is 11.3. The lowest BCUT2D eigenvalue weighted by molar-refractivity contribution is 0.150. The van der Waals surface area contributed by atoms with E-state index in [4.69, 9.17) is 0 Å². The minimum atomic E-state index is 0.842. The normalized spacial score (nSPS) is 18.8. The largest absolute Gasteiger partial charge is 0.297 e. The Morgan fingerprint density at radius 2 is 2.00 bits per heavy atom. The first-order chi connectivity index (χ1) is 8.15. The van der Waals surface area contributed by atoms with Gasteiger partial charge in [0.25, 0.3) is 0 Å². The Morgan fingerprint density at radius 1 is 1.29 bits per heavy atom. The van der Waals surface area contributed by atoms with E-state index in [2.05, 4.69) is 48.9 Å². The Bertz CT molecular complexity index is 352. The van der Waals surface area contributed by atoms with Crippen LogP contribution in [-0.2, 0) is 6.54 Å². The zero-order valence-corrected chi connectivity index (χ0v) is 11.3. The lowest BCUT2D eigenvalue weighted by Gasteiger charge is -2.33. The summed E-state index contributed by atoms with van der Waals surface area (Å²) < 4.78 is 0. The summed E-state index contributed by atoms with van der Waals surface area (Å²) in [6.45, 7) is 10.3. The van der Waals surface area contributed by atoms with Crippen molar-refractivity contribution in [2.24, 2.45) is 11.8 Å². The third kappa shape index (κ3) is 3.53. The van der Waals surface area contributed by atoms with Crippen molar-refractivity contribution in [3.05, 3.63) is 29.6 Å². The summed E-state index contributed by atoms with van der Waals surface area (Å²) in [7, 11) is 0. The van der Waals surface area contributed by atoms with Crippen molar-refractivity contribution in [1.82, 2.24) is 9.88 Å². The minimum Gasteiger partial charge on any atom is -0.297 e. The van der Waals surface area contributed by atoms with Crippen molar-refractivity contribution in [1.29, 1.82) is 0 Å². The second kappa shape index (κ2) is 5.63. The van der Waals surface area contributed by atoms with Crippen molar-refractivity contribution in [3.8, 4) is 0 Å². The molecule has 1 aliphatic heterocycles. The minimum absolute atomic E-state index is 0.842. The van der Waals surface area contributed by atoms with Crippen LogP contribution in [0.5, 0.6) is 0 Å². The lowest BCUT2D eigenvalue weighted by Crippen LogP contribution is -2.35. The van der Waals surface area contributed by atoms with E-state index in [0.29, 0.717) is 0 Å². The van der Waals surface area contributed by atoms with Crippen LogP contribution < -0.4 is 0 Å². The molecule has 0 amide bonds. The number of aromatic nitrogens is 1. The van der Waals surface area contributed by atoms with Crippen LogP contribution in [0.4, 0.5) is 0 Å². The molecular weight excluding hydrogens is 208 g/mol. The van der Waals surface area contributed by atoms with E-state index >= 15 is 0 Å². The third-order valence-corrected chi connectivity index (χ3v) is 3.91. The average molecular weight is 232 g/mol. The Hall–Kier alpha value is -0.890. The Kier molecular flexibility index (Phi) is 4.16. The highest BCUT2D eigenvalue weighted by Gasteiger charge is 2.21. The number of hydrogen-bond acceptors (Lipinski definition) is 2. The molecule has 1 saturated heterocycles. The van der Waals surface area contributed by atoms with Crippen molar-refractivity contribution in [2.75, 3.05) is 13.1 Å². The maximum absolute atomic E-state index is 4.58. The van der Waals surface area contributed by atoms with Gasteiger partial charge in [0.2, 0.25) is 0 Å². The molecule has 1 aliphatic rings. The summed E-state index contributed by atoms with van der Waals surface area (Å²) in [6, 6.07) is 6.31. The first kappa shape index (κ1) is 12.6. The molecule has 0 saturated carbocycles. The van der Waals surface area contributed by atoms with Gasteiger partial charge >= 0.3 is 0 Å². The van der Waals surface area contributed by atoms with Gasteiger partial charge in [-0.1, -0.05) is 19.9 Å². The average Bonchev–Trinajstić information content (AvgIpc) is 2.29. The van der Waals surface area contributed by atoms with Crippen molar-refractivity contribution in [2.45, 2.75) is 40.2 Å². The molecule has 0 radical (unpaired) electrons. The zero-order chi connectivity index (χ0) is 12.3. The number of aryl methyl sites for hydroxylation is 1. The van der Waals surface area contributed by atoms with Gasteiger partial charge < -0.3 is 0 Å². The summed E-state index contributed by atoms with van der Waals surface area (Å²) in [5.41, 5.74) is 2.34. The smallest absolute Gasteiger partial charge is 0.0547 e. The van der Waals surface area contributed by atoms with E-state index in [-0.39, 0.29) is 0 Å². The van der Waals surface area contributed by atoms with Gasteiger partial charge in [0.15, 0.2) is 0 Å². The fourth-order valence-corrected chi connectivity index (χ4v) is 2.69. The molecule has 2 nitrogen and oxygen atoms in total. The van der Waals surface area contributed by atoms with E-state index in [1.54, 1.807) is 0 Å². The third-order valence-electron chi connectivity index (χ3n) is 3.91. The summed E-state index contributed by atoms with van der Waals surface area (Å²) in [6.07, 6.45) is 2.70. The van der Waals surface area contributed by atoms with Crippen LogP contribution >= 0.6 is 0 Å². The highest BCUT2D eigenvalue weighted by Crippen LogP contribution is 2.24. The first-order valence-corrected chi connectivity index (χ1v) is 6.80. The quantitative estimate of drug-likeness (QED) is 0.795. The molecule has 2 heteroatoms. The number of pyridine rings is 1. The fraction of sp³-hybridized carbons (Fsp3) is 0.667. The second-order valence-corrected chi connectivity index (χ2v) is 5.63. The molecule has 2 heterocycles. The molecule has 0 spiro atoms. The van der Waals surface area contributed by atoms with Crippen LogP contribution in [0.1, 0.15) is 38.1 Å². The number of nitrogens with zero attached hydrogens (tertiary/aromatic N) is 2. The van der Waals surface area contributed by atoms with Crippen LogP contribution in [0.15, 0.2) is 18.2 Å². The SMILES string of the molecule is Cc1cccc(CN2CCC(C(C)C)CC2)n1. The van der Waals surface area contributed by atoms with E-state index in [1.807, 2.05) is 0 Å². The number of piperidine rings is 1. The highest BCUT2D eigenvalue weighted by molar-refractivity contribution is 5.09. The molecule has 0 bridgehead atoms. The monoisotopic (exact) mass is 232 g/mol. The molecule has 17 heavy (non-hydrogen) atoms. The molecule has 2 rings (SSSR count). The van der Waals surface area contributed by atoms with Gasteiger partial charge in [0, 0.05) is 12.2 Å². The van der Waals surface area contributed by atoms with Crippen LogP contribution in [0.2, 0.25) is 0 Å². The van der Waals surface area contributed by atoms with Gasteiger partial charge in [0.05, 0.1) is 5.69 Å². The summed E-state index contributed by atoms with van der Waals surface area (Å²) in [5, 5.41) is 0. The van der Waals surface area contributed by atoms with Crippen LogP contribution in [0.25, 0.3) is 0 Å². The van der Waals surface area contributed by atoms with Crippen molar-refractivity contribution >= 4 is 0 Å². The molecule has 0 aliphatic carbocycles. The standard InChI is InChI=1S/C15H24N2/c1-12(2)14-7-9-17(10-8-14)11-15-6-4-5-13(3)16-15/h4-6,12,14H,7-11H2,1-3H3. The van der Waals surface area contributed by atoms with E-state index in [0.717, 1.165) is 24.1 Å². The molecule has 1 aromatic rings.